The van der Waals surface area contributed by atoms with E-state index in [4.69, 9.17) is 9.47 Å². The molecule has 0 aromatic heterocycles. The fourth-order valence-corrected chi connectivity index (χ4v) is 4.34. The molecule has 2 atom stereocenters. The molecule has 3 rings (SSSR count). The van der Waals surface area contributed by atoms with Crippen LogP contribution < -0.4 is 0 Å². The summed E-state index contributed by atoms with van der Waals surface area (Å²) >= 11 is 0. The second kappa shape index (κ2) is 8.52. The first-order valence-corrected chi connectivity index (χ1v) is 11.0. The lowest BCUT2D eigenvalue weighted by Gasteiger charge is -2.33. The number of carbonyl (C=O) groups excluding carboxylic acids is 3. The van der Waals surface area contributed by atoms with E-state index in [1.54, 1.807) is 65.8 Å². The van der Waals surface area contributed by atoms with E-state index >= 15 is 0 Å². The van der Waals surface area contributed by atoms with Gasteiger partial charge in [-0.15, -0.1) is 0 Å². The molecule has 7 heteroatoms. The van der Waals surface area contributed by atoms with Gasteiger partial charge in [-0.25, -0.2) is 9.59 Å². The van der Waals surface area contributed by atoms with Crippen molar-refractivity contribution >= 4 is 18.0 Å². The first-order chi connectivity index (χ1) is 14.4. The first-order valence-electron chi connectivity index (χ1n) is 11.0. The van der Waals surface area contributed by atoms with Crippen LogP contribution in [0.1, 0.15) is 77.6 Å². The van der Waals surface area contributed by atoms with Gasteiger partial charge in [-0.1, -0.05) is 43.2 Å². The Hall–Kier alpha value is -2.57. The fraction of sp³-hybridized carbons (Fsp3) is 0.625. The van der Waals surface area contributed by atoms with Crippen LogP contribution in [0, 0.1) is 0 Å². The summed E-state index contributed by atoms with van der Waals surface area (Å²) < 4.78 is 11.3. The summed E-state index contributed by atoms with van der Waals surface area (Å²) in [7, 11) is 0. The molecule has 1 aromatic carbocycles. The summed E-state index contributed by atoms with van der Waals surface area (Å²) in [6, 6.07) is 8.19. The molecule has 2 fully saturated rings. The third kappa shape index (κ3) is 5.20. The lowest BCUT2D eigenvalue weighted by molar-refractivity contribution is -0.00260. The molecule has 0 spiro atoms. The molecule has 1 aliphatic carbocycles. The van der Waals surface area contributed by atoms with Crippen molar-refractivity contribution in [2.45, 2.75) is 96.7 Å². The Balaban J connectivity index is 2.06. The van der Waals surface area contributed by atoms with Crippen molar-refractivity contribution in [2.24, 2.45) is 0 Å². The van der Waals surface area contributed by atoms with Crippen LogP contribution in [0.3, 0.4) is 0 Å². The van der Waals surface area contributed by atoms with Gasteiger partial charge in [0.05, 0.1) is 12.1 Å². The Morgan fingerprint density at radius 1 is 0.774 bits per heavy atom. The number of hydrogen-bond donors (Lipinski definition) is 0. The van der Waals surface area contributed by atoms with Gasteiger partial charge >= 0.3 is 12.2 Å². The van der Waals surface area contributed by atoms with E-state index in [1.165, 1.54) is 9.80 Å². The number of carbonyl (C=O) groups is 3. The van der Waals surface area contributed by atoms with E-state index in [9.17, 15) is 14.4 Å². The highest BCUT2D eigenvalue weighted by Crippen LogP contribution is 2.39. The maximum absolute atomic E-state index is 13.7. The number of amides is 2. The van der Waals surface area contributed by atoms with Crippen molar-refractivity contribution in [3.63, 3.8) is 0 Å². The molecule has 0 radical (unpaired) electrons. The summed E-state index contributed by atoms with van der Waals surface area (Å²) in [5.74, 6) is -0.313. The predicted octanol–water partition coefficient (Wildman–Crippen LogP) is 4.99. The van der Waals surface area contributed by atoms with Gasteiger partial charge in [0.1, 0.15) is 11.2 Å². The van der Waals surface area contributed by atoms with E-state index in [0.29, 0.717) is 18.4 Å². The van der Waals surface area contributed by atoms with Crippen molar-refractivity contribution < 1.29 is 23.9 Å². The Morgan fingerprint density at radius 3 is 1.58 bits per heavy atom. The molecule has 2 aliphatic rings. The van der Waals surface area contributed by atoms with E-state index < -0.39 is 29.6 Å². The van der Waals surface area contributed by atoms with Crippen LogP contribution in [0.25, 0.3) is 0 Å². The highest BCUT2D eigenvalue weighted by molar-refractivity contribution is 6.03. The van der Waals surface area contributed by atoms with Crippen molar-refractivity contribution in [3.05, 3.63) is 35.9 Å². The molecule has 0 N–H and O–H groups in total. The Kier molecular flexibility index (Phi) is 6.35. The van der Waals surface area contributed by atoms with Gasteiger partial charge in [0.2, 0.25) is 5.78 Å². The fourth-order valence-electron chi connectivity index (χ4n) is 4.34. The lowest BCUT2D eigenvalue weighted by Crippen LogP contribution is -2.53. The molecule has 1 saturated heterocycles. The Labute approximate surface area is 184 Å². The van der Waals surface area contributed by atoms with Gasteiger partial charge in [0, 0.05) is 5.56 Å². The molecule has 170 valence electrons. The number of ether oxygens (including phenoxy) is 2. The molecule has 1 heterocycles. The highest BCUT2D eigenvalue weighted by Gasteiger charge is 2.56. The van der Waals surface area contributed by atoms with Crippen LogP contribution >= 0.6 is 0 Å². The van der Waals surface area contributed by atoms with E-state index in [1.807, 2.05) is 6.07 Å². The summed E-state index contributed by atoms with van der Waals surface area (Å²) in [5.41, 5.74) is -1.00. The largest absolute Gasteiger partial charge is 0.444 e. The number of benzene rings is 1. The highest BCUT2D eigenvalue weighted by atomic mass is 16.6. The average molecular weight is 431 g/mol. The third-order valence-corrected chi connectivity index (χ3v) is 5.44. The van der Waals surface area contributed by atoms with Gasteiger partial charge < -0.3 is 9.47 Å². The van der Waals surface area contributed by atoms with Crippen LogP contribution in [0.4, 0.5) is 9.59 Å². The maximum Gasteiger partial charge on any atom is 0.412 e. The zero-order chi connectivity index (χ0) is 23.0. The van der Waals surface area contributed by atoms with Crippen molar-refractivity contribution in [2.75, 3.05) is 0 Å². The quantitative estimate of drug-likeness (QED) is 0.618. The Bertz CT molecular complexity index is 781. The molecule has 1 aliphatic heterocycles. The lowest BCUT2D eigenvalue weighted by atomic mass is 9.90. The number of rotatable bonds is 2. The van der Waals surface area contributed by atoms with Crippen molar-refractivity contribution in [3.8, 4) is 0 Å². The Morgan fingerprint density at radius 2 is 1.19 bits per heavy atom. The van der Waals surface area contributed by atoms with Crippen LogP contribution in [0.2, 0.25) is 0 Å². The second-order valence-electron chi connectivity index (χ2n) is 10.3. The maximum atomic E-state index is 13.7. The molecular weight excluding hydrogens is 396 g/mol. The minimum atomic E-state index is -1.10. The normalized spacial score (nSPS) is 22.1. The molecule has 0 unspecified atom stereocenters. The zero-order valence-corrected chi connectivity index (χ0v) is 19.4. The average Bonchev–Trinajstić information content (AvgIpc) is 3.01. The first kappa shape index (κ1) is 23.1. The van der Waals surface area contributed by atoms with Crippen LogP contribution in [-0.2, 0) is 9.47 Å². The van der Waals surface area contributed by atoms with Gasteiger partial charge in [-0.2, -0.15) is 0 Å². The van der Waals surface area contributed by atoms with Gasteiger partial charge in [-0.05, 0) is 54.4 Å². The van der Waals surface area contributed by atoms with Gasteiger partial charge in [0.15, 0.2) is 6.17 Å². The van der Waals surface area contributed by atoms with E-state index in [-0.39, 0.29) is 17.9 Å². The minimum Gasteiger partial charge on any atom is -0.444 e. The topological polar surface area (TPSA) is 76.2 Å². The standard InChI is InChI=1S/C24H34N2O5/c1-23(2,3)30-21(28)25-17-14-10-11-15-18(17)26(22(29)31-24(4,5)6)20(25)19(27)16-12-8-7-9-13-16/h7-9,12-13,17-18,20H,10-11,14-15H2,1-6H3/t17-,18-/m0/s1. The van der Waals surface area contributed by atoms with Gasteiger partial charge in [0.25, 0.3) is 0 Å². The monoisotopic (exact) mass is 430 g/mol. The number of fused-ring (bicyclic) bond motifs is 1. The zero-order valence-electron chi connectivity index (χ0n) is 19.4. The van der Waals surface area contributed by atoms with Crippen molar-refractivity contribution in [1.29, 1.82) is 0 Å². The number of Topliss-reactive ketones (excluding diaryl/α,β-unsaturated/α-hetero) is 1. The molecule has 1 aromatic rings. The van der Waals surface area contributed by atoms with Crippen LogP contribution in [0.5, 0.6) is 0 Å². The minimum absolute atomic E-state index is 0.284. The number of ketones is 1. The summed E-state index contributed by atoms with van der Waals surface area (Å²) in [6.45, 7) is 10.7. The second-order valence-corrected chi connectivity index (χ2v) is 10.3. The molecule has 31 heavy (non-hydrogen) atoms. The van der Waals surface area contributed by atoms with Gasteiger partial charge in [-0.3, -0.25) is 14.6 Å². The number of nitrogens with zero attached hydrogens (tertiary/aromatic N) is 2. The third-order valence-electron chi connectivity index (χ3n) is 5.44. The molecule has 1 saturated carbocycles. The molecule has 2 amide bonds. The van der Waals surface area contributed by atoms with Crippen LogP contribution in [-0.4, -0.2) is 57.2 Å². The molecule has 0 bridgehead atoms. The molecular formula is C24H34N2O5. The summed E-state index contributed by atoms with van der Waals surface area (Å²) in [6.07, 6.45) is 1.02. The van der Waals surface area contributed by atoms with Crippen molar-refractivity contribution in [1.82, 2.24) is 9.80 Å². The van der Waals surface area contributed by atoms with E-state index in [2.05, 4.69) is 0 Å². The molecule has 7 nitrogen and oxygen atoms in total. The van der Waals surface area contributed by atoms with Crippen LogP contribution in [0.15, 0.2) is 30.3 Å². The summed E-state index contributed by atoms with van der Waals surface area (Å²) in [4.78, 5) is 43.2. The summed E-state index contributed by atoms with van der Waals surface area (Å²) in [5, 5.41) is 0. The predicted molar refractivity (Wildman–Crippen MR) is 117 cm³/mol. The van der Waals surface area contributed by atoms with E-state index in [0.717, 1.165) is 12.8 Å². The SMILES string of the molecule is CC(C)(C)OC(=O)N1C(C(=O)c2ccccc2)N(C(=O)OC(C)(C)C)[C@H]2CCCC[C@@H]21. The smallest absolute Gasteiger partial charge is 0.412 e. The number of hydrogen-bond acceptors (Lipinski definition) is 5.